The lowest BCUT2D eigenvalue weighted by Crippen LogP contribution is -2.38. The van der Waals surface area contributed by atoms with Crippen LogP contribution in [0.15, 0.2) is 67.1 Å². The van der Waals surface area contributed by atoms with E-state index in [1.54, 1.807) is 6.20 Å². The Hall–Kier alpha value is -4.50. The van der Waals surface area contributed by atoms with Crippen molar-refractivity contribution < 1.29 is 4.79 Å². The highest BCUT2D eigenvalue weighted by Gasteiger charge is 2.29. The van der Waals surface area contributed by atoms with Gasteiger partial charge in [-0.2, -0.15) is 0 Å². The van der Waals surface area contributed by atoms with Crippen LogP contribution < -0.4 is 16.8 Å². The van der Waals surface area contributed by atoms with Gasteiger partial charge < -0.3 is 21.8 Å². The molecule has 1 aliphatic carbocycles. The topological polar surface area (TPSA) is 148 Å². The van der Waals surface area contributed by atoms with E-state index >= 15 is 0 Å². The molecule has 2 atom stereocenters. The number of nitrogens with two attached hydrogens (primary N) is 2. The number of hydrogen-bond donors (Lipinski definition) is 4. The summed E-state index contributed by atoms with van der Waals surface area (Å²) >= 11 is 6.66. The number of carbonyl (C=O) groups is 1. The Kier molecular flexibility index (Phi) is 6.58. The number of nitrogens with one attached hydrogen (secondary N) is 2. The van der Waals surface area contributed by atoms with E-state index in [4.69, 9.17) is 28.1 Å². The van der Waals surface area contributed by atoms with Gasteiger partial charge in [0.2, 0.25) is 5.91 Å². The standard InChI is InChI=1S/C29H27ClN8O/c30-25-24(18-6-9-21-22(14-18)34-15-35-27(21)32)37-28(38-25)23(12-16-4-2-1-3-5-16)36-29(39)19-7-8-20-17(13-19)10-11-33-26(20)31/h1-6,9-11,14-15,19,23H,7-8,12-13H2,(H2,31,33)(H,36,39)(H,37,38)(H2,32,34,35). The number of nitrogen functional groups attached to an aromatic ring is 2. The maximum atomic E-state index is 13.5. The van der Waals surface area contributed by atoms with Crippen LogP contribution in [0.1, 0.15) is 35.0 Å². The molecule has 0 radical (unpaired) electrons. The zero-order valence-electron chi connectivity index (χ0n) is 21.1. The van der Waals surface area contributed by atoms with Crippen LogP contribution in [0.25, 0.3) is 22.2 Å². The van der Waals surface area contributed by atoms with E-state index in [0.29, 0.717) is 53.1 Å². The number of pyridine rings is 1. The number of amides is 1. The second kappa shape index (κ2) is 10.3. The van der Waals surface area contributed by atoms with E-state index in [0.717, 1.165) is 34.1 Å². The molecule has 1 aliphatic rings. The maximum absolute atomic E-state index is 13.5. The molecule has 10 heteroatoms. The lowest BCUT2D eigenvalue weighted by molar-refractivity contribution is -0.126. The summed E-state index contributed by atoms with van der Waals surface area (Å²) in [5.41, 5.74) is 17.3. The molecule has 2 aromatic carbocycles. The average Bonchev–Trinajstić information content (AvgIpc) is 3.34. The lowest BCUT2D eigenvalue weighted by atomic mass is 9.83. The number of halogens is 1. The van der Waals surface area contributed by atoms with Gasteiger partial charge in [0.05, 0.1) is 11.6 Å². The Labute approximate surface area is 230 Å². The molecule has 0 saturated heterocycles. The van der Waals surface area contributed by atoms with Crippen LogP contribution in [0.4, 0.5) is 11.6 Å². The van der Waals surface area contributed by atoms with Crippen molar-refractivity contribution in [3.05, 3.63) is 94.8 Å². The first-order valence-electron chi connectivity index (χ1n) is 12.8. The van der Waals surface area contributed by atoms with Crippen LogP contribution >= 0.6 is 11.6 Å². The van der Waals surface area contributed by atoms with Crippen molar-refractivity contribution in [2.24, 2.45) is 5.92 Å². The van der Waals surface area contributed by atoms with Crippen molar-refractivity contribution in [2.75, 3.05) is 11.5 Å². The number of benzene rings is 2. The zero-order valence-corrected chi connectivity index (χ0v) is 21.8. The van der Waals surface area contributed by atoms with Crippen molar-refractivity contribution in [1.82, 2.24) is 30.2 Å². The van der Waals surface area contributed by atoms with Gasteiger partial charge in [0.1, 0.15) is 34.6 Å². The number of anilines is 2. The minimum absolute atomic E-state index is 0.0242. The van der Waals surface area contributed by atoms with Crippen LogP contribution in [-0.2, 0) is 24.1 Å². The number of imidazole rings is 1. The molecule has 39 heavy (non-hydrogen) atoms. The maximum Gasteiger partial charge on any atom is 0.224 e. The van der Waals surface area contributed by atoms with Crippen molar-refractivity contribution in [3.8, 4) is 11.3 Å². The first kappa shape index (κ1) is 24.8. The van der Waals surface area contributed by atoms with E-state index in [1.165, 1.54) is 6.33 Å². The summed E-state index contributed by atoms with van der Waals surface area (Å²) in [4.78, 5) is 34.2. The van der Waals surface area contributed by atoms with Crippen LogP contribution in [0.3, 0.4) is 0 Å². The van der Waals surface area contributed by atoms with Crippen molar-refractivity contribution in [3.63, 3.8) is 0 Å². The highest BCUT2D eigenvalue weighted by atomic mass is 35.5. The molecule has 3 aromatic heterocycles. The molecular weight excluding hydrogens is 512 g/mol. The third kappa shape index (κ3) is 5.00. The molecule has 2 unspecified atom stereocenters. The summed E-state index contributed by atoms with van der Waals surface area (Å²) in [6.45, 7) is 0. The van der Waals surface area contributed by atoms with E-state index < -0.39 is 6.04 Å². The van der Waals surface area contributed by atoms with E-state index in [2.05, 4.69) is 25.3 Å². The fourth-order valence-corrected chi connectivity index (χ4v) is 5.49. The molecule has 196 valence electrons. The van der Waals surface area contributed by atoms with Gasteiger partial charge in [-0.3, -0.25) is 4.79 Å². The summed E-state index contributed by atoms with van der Waals surface area (Å²) in [7, 11) is 0. The number of fused-ring (bicyclic) bond motifs is 2. The lowest BCUT2D eigenvalue weighted by Gasteiger charge is -2.26. The minimum atomic E-state index is -0.409. The molecule has 6 rings (SSSR count). The Bertz CT molecular complexity index is 1670. The third-order valence-electron chi connectivity index (χ3n) is 7.31. The number of H-pyrrole nitrogens is 1. The fourth-order valence-electron chi connectivity index (χ4n) is 5.25. The molecule has 0 saturated carbocycles. The first-order valence-corrected chi connectivity index (χ1v) is 13.2. The molecular formula is C29H27ClN8O. The Morgan fingerprint density at radius 3 is 2.77 bits per heavy atom. The number of aromatic nitrogens is 5. The Morgan fingerprint density at radius 1 is 1.08 bits per heavy atom. The molecule has 0 fully saturated rings. The zero-order chi connectivity index (χ0) is 26.9. The molecule has 0 aliphatic heterocycles. The highest BCUT2D eigenvalue weighted by molar-refractivity contribution is 6.32. The average molecular weight is 539 g/mol. The molecule has 6 N–H and O–H groups in total. The van der Waals surface area contributed by atoms with Gasteiger partial charge in [-0.15, -0.1) is 0 Å². The molecule has 9 nitrogen and oxygen atoms in total. The number of aromatic amines is 1. The predicted octanol–water partition coefficient (Wildman–Crippen LogP) is 4.44. The van der Waals surface area contributed by atoms with Crippen molar-refractivity contribution in [1.29, 1.82) is 0 Å². The molecule has 1 amide bonds. The van der Waals surface area contributed by atoms with Crippen molar-refractivity contribution in [2.45, 2.75) is 31.7 Å². The summed E-state index contributed by atoms with van der Waals surface area (Å²) < 4.78 is 0. The monoisotopic (exact) mass is 538 g/mol. The van der Waals surface area contributed by atoms with Gasteiger partial charge in [-0.25, -0.2) is 19.9 Å². The Balaban J connectivity index is 1.29. The quantitative estimate of drug-likeness (QED) is 0.250. The summed E-state index contributed by atoms with van der Waals surface area (Å²) in [5.74, 6) is 1.35. The summed E-state index contributed by atoms with van der Waals surface area (Å²) in [6, 6.07) is 17.2. The second-order valence-corrected chi connectivity index (χ2v) is 10.2. The molecule has 0 bridgehead atoms. The fraction of sp³-hybridized carbons (Fsp3) is 0.207. The van der Waals surface area contributed by atoms with Crippen LogP contribution in [0.5, 0.6) is 0 Å². The third-order valence-corrected chi connectivity index (χ3v) is 7.59. The van der Waals surface area contributed by atoms with Gasteiger partial charge in [-0.05, 0) is 60.6 Å². The van der Waals surface area contributed by atoms with Gasteiger partial charge in [0.25, 0.3) is 0 Å². The van der Waals surface area contributed by atoms with Gasteiger partial charge in [-0.1, -0.05) is 48.0 Å². The van der Waals surface area contributed by atoms with Gasteiger partial charge >= 0.3 is 0 Å². The summed E-state index contributed by atoms with van der Waals surface area (Å²) in [5, 5.41) is 4.39. The normalized spacial score (nSPS) is 15.6. The second-order valence-electron chi connectivity index (χ2n) is 9.80. The molecule has 3 heterocycles. The Morgan fingerprint density at radius 2 is 1.92 bits per heavy atom. The first-order chi connectivity index (χ1) is 19.0. The van der Waals surface area contributed by atoms with Crippen molar-refractivity contribution >= 4 is 40.0 Å². The number of carbonyl (C=O) groups excluding carboxylic acids is 1. The van der Waals surface area contributed by atoms with Gasteiger partial charge in [0, 0.05) is 23.1 Å². The predicted molar refractivity (Wildman–Crippen MR) is 152 cm³/mol. The van der Waals surface area contributed by atoms with E-state index in [-0.39, 0.29) is 11.8 Å². The minimum Gasteiger partial charge on any atom is -0.383 e. The number of hydrogen-bond acceptors (Lipinski definition) is 7. The van der Waals surface area contributed by atoms with E-state index in [1.807, 2.05) is 54.6 Å². The molecule has 5 aromatic rings. The van der Waals surface area contributed by atoms with Crippen LogP contribution in [-0.4, -0.2) is 30.8 Å². The largest absolute Gasteiger partial charge is 0.383 e. The highest BCUT2D eigenvalue weighted by Crippen LogP contribution is 2.32. The smallest absolute Gasteiger partial charge is 0.224 e. The molecule has 0 spiro atoms. The van der Waals surface area contributed by atoms with E-state index in [9.17, 15) is 4.79 Å². The van der Waals surface area contributed by atoms with Crippen LogP contribution in [0.2, 0.25) is 5.15 Å². The number of rotatable bonds is 6. The SMILES string of the molecule is Nc1nccc2c1CCC(C(=O)NC(Cc1ccccc1)c1nc(-c3ccc4c(N)ncnc4c3)c(Cl)[nH]1)C2. The summed E-state index contributed by atoms with van der Waals surface area (Å²) in [6.07, 6.45) is 5.74. The van der Waals surface area contributed by atoms with Crippen LogP contribution in [0, 0.1) is 5.92 Å². The number of nitrogens with zero attached hydrogens (tertiary/aromatic N) is 4. The van der Waals surface area contributed by atoms with Gasteiger partial charge in [0.15, 0.2) is 0 Å².